The molecule has 4 rings (SSSR count). The number of amides is 1. The van der Waals surface area contributed by atoms with Gasteiger partial charge in [-0.1, -0.05) is 0 Å². The first-order valence-electron chi connectivity index (χ1n) is 7.08. The van der Waals surface area contributed by atoms with Crippen LogP contribution in [0.3, 0.4) is 0 Å². The average Bonchev–Trinajstić information content (AvgIpc) is 3.03. The van der Waals surface area contributed by atoms with Crippen molar-refractivity contribution in [3.63, 3.8) is 0 Å². The summed E-state index contributed by atoms with van der Waals surface area (Å²) in [6.45, 7) is 0.113. The van der Waals surface area contributed by atoms with E-state index in [1.54, 1.807) is 24.3 Å². The molecule has 3 aromatic rings. The summed E-state index contributed by atoms with van der Waals surface area (Å²) < 4.78 is 15.5. The average molecular weight is 325 g/mol. The molecule has 0 saturated carbocycles. The van der Waals surface area contributed by atoms with Crippen LogP contribution < -0.4 is 20.4 Å². The minimum absolute atomic E-state index is 0.0101. The number of hydrogen-bond acceptors (Lipinski definition) is 6. The van der Waals surface area contributed by atoms with Crippen LogP contribution in [-0.2, 0) is 0 Å². The molecule has 0 aliphatic carbocycles. The van der Waals surface area contributed by atoms with Gasteiger partial charge in [0, 0.05) is 17.0 Å². The van der Waals surface area contributed by atoms with Gasteiger partial charge >= 0.3 is 5.63 Å². The zero-order chi connectivity index (χ0) is 16.7. The summed E-state index contributed by atoms with van der Waals surface area (Å²) in [5.74, 6) is 0.557. The number of anilines is 1. The molecule has 1 amide bonds. The lowest BCUT2D eigenvalue weighted by atomic mass is 10.1. The minimum atomic E-state index is -0.706. The SMILES string of the molecule is O=C(Nc1cc2ccc(O)cc2oc1=O)c1ccc2c(c1)OCO2. The standard InChI is InChI=1S/C17H11NO6/c19-11-3-1-9-5-12(17(21)24-14(9)7-11)18-16(20)10-2-4-13-15(6-10)23-8-22-13/h1-7,19H,8H2,(H,18,20). The molecule has 1 aliphatic heterocycles. The van der Waals surface area contributed by atoms with Gasteiger partial charge in [-0.3, -0.25) is 4.79 Å². The maximum atomic E-state index is 12.3. The summed E-state index contributed by atoms with van der Waals surface area (Å²) in [5, 5.41) is 12.5. The van der Waals surface area contributed by atoms with Gasteiger partial charge < -0.3 is 24.3 Å². The third-order valence-corrected chi connectivity index (χ3v) is 3.60. The van der Waals surface area contributed by atoms with Crippen LogP contribution in [0, 0.1) is 0 Å². The first-order valence-corrected chi connectivity index (χ1v) is 7.08. The molecule has 0 atom stereocenters. The highest BCUT2D eigenvalue weighted by molar-refractivity contribution is 6.05. The monoisotopic (exact) mass is 325 g/mol. The van der Waals surface area contributed by atoms with Crippen molar-refractivity contribution in [3.05, 3.63) is 58.4 Å². The topological polar surface area (TPSA) is 98.0 Å². The molecular formula is C17H11NO6. The van der Waals surface area contributed by atoms with Crippen LogP contribution >= 0.6 is 0 Å². The third-order valence-electron chi connectivity index (χ3n) is 3.60. The largest absolute Gasteiger partial charge is 0.508 e. The molecular weight excluding hydrogens is 314 g/mol. The van der Waals surface area contributed by atoms with Gasteiger partial charge in [-0.05, 0) is 36.4 Å². The summed E-state index contributed by atoms with van der Waals surface area (Å²) >= 11 is 0. The number of nitrogens with one attached hydrogen (secondary N) is 1. The van der Waals surface area contributed by atoms with E-state index >= 15 is 0 Å². The number of rotatable bonds is 2. The zero-order valence-corrected chi connectivity index (χ0v) is 12.2. The smallest absolute Gasteiger partial charge is 0.360 e. The molecule has 7 nitrogen and oxygen atoms in total. The van der Waals surface area contributed by atoms with Crippen LogP contribution in [-0.4, -0.2) is 17.8 Å². The second-order valence-corrected chi connectivity index (χ2v) is 5.19. The van der Waals surface area contributed by atoms with E-state index in [0.29, 0.717) is 22.4 Å². The molecule has 2 N–H and O–H groups in total. The highest BCUT2D eigenvalue weighted by Gasteiger charge is 2.17. The van der Waals surface area contributed by atoms with Gasteiger partial charge in [0.15, 0.2) is 11.5 Å². The number of phenols is 1. The fourth-order valence-corrected chi connectivity index (χ4v) is 2.42. The predicted octanol–water partition coefficient (Wildman–Crippen LogP) is 2.48. The summed E-state index contributed by atoms with van der Waals surface area (Å²) in [7, 11) is 0. The fourth-order valence-electron chi connectivity index (χ4n) is 2.42. The number of phenolic OH excluding ortho intramolecular Hbond substituents is 1. The summed E-state index contributed by atoms with van der Waals surface area (Å²) in [5.41, 5.74) is -0.136. The number of aromatic hydroxyl groups is 1. The first-order chi connectivity index (χ1) is 11.6. The maximum Gasteiger partial charge on any atom is 0.360 e. The summed E-state index contributed by atoms with van der Waals surface area (Å²) in [6.07, 6.45) is 0. The summed E-state index contributed by atoms with van der Waals surface area (Å²) in [4.78, 5) is 24.3. The van der Waals surface area contributed by atoms with Crippen LogP contribution in [0.15, 0.2) is 51.7 Å². The van der Waals surface area contributed by atoms with Crippen LogP contribution in [0.2, 0.25) is 0 Å². The second kappa shape index (κ2) is 5.31. The molecule has 120 valence electrons. The summed E-state index contributed by atoms with van der Waals surface area (Å²) in [6, 6.07) is 10.6. The van der Waals surface area contributed by atoms with E-state index in [4.69, 9.17) is 13.9 Å². The highest BCUT2D eigenvalue weighted by atomic mass is 16.7. The zero-order valence-electron chi connectivity index (χ0n) is 12.2. The van der Waals surface area contributed by atoms with E-state index < -0.39 is 11.5 Å². The number of fused-ring (bicyclic) bond motifs is 2. The van der Waals surface area contributed by atoms with Gasteiger partial charge in [0.2, 0.25) is 6.79 Å². The van der Waals surface area contributed by atoms with Gasteiger partial charge in [0.25, 0.3) is 5.91 Å². The first kappa shape index (κ1) is 14.1. The molecule has 0 fully saturated rings. The van der Waals surface area contributed by atoms with Gasteiger partial charge in [0.1, 0.15) is 17.0 Å². The Balaban J connectivity index is 1.66. The van der Waals surface area contributed by atoms with Crippen LogP contribution in [0.4, 0.5) is 5.69 Å². The molecule has 0 radical (unpaired) electrons. The van der Waals surface area contributed by atoms with Gasteiger partial charge in [-0.25, -0.2) is 4.79 Å². The van der Waals surface area contributed by atoms with Crippen LogP contribution in [0.5, 0.6) is 17.2 Å². The molecule has 1 aliphatic rings. The van der Waals surface area contributed by atoms with Crippen molar-refractivity contribution in [2.45, 2.75) is 0 Å². The van der Waals surface area contributed by atoms with E-state index in [0.717, 1.165) is 0 Å². The maximum absolute atomic E-state index is 12.3. The van der Waals surface area contributed by atoms with Crippen molar-refractivity contribution in [1.82, 2.24) is 0 Å². The number of hydrogen-bond donors (Lipinski definition) is 2. The Labute approximate surface area is 135 Å². The lowest BCUT2D eigenvalue weighted by Gasteiger charge is -2.06. The van der Waals surface area contributed by atoms with Crippen molar-refractivity contribution in [1.29, 1.82) is 0 Å². The number of carbonyl (C=O) groups excluding carboxylic acids is 1. The number of ether oxygens (including phenoxy) is 2. The lowest BCUT2D eigenvalue weighted by molar-refractivity contribution is 0.102. The quantitative estimate of drug-likeness (QED) is 0.702. The van der Waals surface area contributed by atoms with Crippen molar-refractivity contribution >= 4 is 22.6 Å². The number of carbonyl (C=O) groups is 1. The highest BCUT2D eigenvalue weighted by Crippen LogP contribution is 2.32. The van der Waals surface area contributed by atoms with Crippen molar-refractivity contribution in [2.24, 2.45) is 0 Å². The predicted molar refractivity (Wildman–Crippen MR) is 84.7 cm³/mol. The van der Waals surface area contributed by atoms with Crippen LogP contribution in [0.1, 0.15) is 10.4 Å². The molecule has 0 spiro atoms. The van der Waals surface area contributed by atoms with Gasteiger partial charge in [-0.15, -0.1) is 0 Å². The Kier molecular flexibility index (Phi) is 3.13. The molecule has 0 saturated heterocycles. The molecule has 0 unspecified atom stereocenters. The van der Waals surface area contributed by atoms with Crippen molar-refractivity contribution in [3.8, 4) is 17.2 Å². The lowest BCUT2D eigenvalue weighted by Crippen LogP contribution is -2.17. The Morgan fingerprint density at radius 2 is 1.88 bits per heavy atom. The third kappa shape index (κ3) is 2.41. The number of benzene rings is 2. The van der Waals surface area contributed by atoms with E-state index in [-0.39, 0.29) is 23.8 Å². The van der Waals surface area contributed by atoms with E-state index in [1.165, 1.54) is 18.2 Å². The Morgan fingerprint density at radius 1 is 1.04 bits per heavy atom. The van der Waals surface area contributed by atoms with Crippen LogP contribution in [0.25, 0.3) is 11.0 Å². The van der Waals surface area contributed by atoms with E-state index in [2.05, 4.69) is 5.32 Å². The molecule has 0 bridgehead atoms. The Morgan fingerprint density at radius 3 is 2.75 bits per heavy atom. The fraction of sp³-hybridized carbons (Fsp3) is 0.0588. The molecule has 24 heavy (non-hydrogen) atoms. The van der Waals surface area contributed by atoms with E-state index in [1.807, 2.05) is 0 Å². The molecule has 2 heterocycles. The Bertz CT molecular complexity index is 1020. The van der Waals surface area contributed by atoms with E-state index in [9.17, 15) is 14.7 Å². The Hall–Kier alpha value is -3.48. The molecule has 1 aromatic heterocycles. The van der Waals surface area contributed by atoms with Crippen molar-refractivity contribution < 1.29 is 23.8 Å². The molecule has 7 heteroatoms. The van der Waals surface area contributed by atoms with Gasteiger partial charge in [0.05, 0.1) is 0 Å². The molecule has 2 aromatic carbocycles. The van der Waals surface area contributed by atoms with Gasteiger partial charge in [-0.2, -0.15) is 0 Å². The van der Waals surface area contributed by atoms with Crippen molar-refractivity contribution in [2.75, 3.05) is 12.1 Å². The normalized spacial score (nSPS) is 12.3. The minimum Gasteiger partial charge on any atom is -0.508 e. The second-order valence-electron chi connectivity index (χ2n) is 5.19.